The molecule has 4 aliphatic rings. The summed E-state index contributed by atoms with van der Waals surface area (Å²) in [5, 5.41) is 33.1. The quantitative estimate of drug-likeness (QED) is 0.381. The normalized spacial score (nSPS) is 48.3. The van der Waals surface area contributed by atoms with Gasteiger partial charge in [0.15, 0.2) is 5.78 Å². The Morgan fingerprint density at radius 1 is 1.23 bits per heavy atom. The van der Waals surface area contributed by atoms with Crippen LogP contribution in [0.1, 0.15) is 52.9 Å². The molecule has 2 saturated carbocycles. The summed E-state index contributed by atoms with van der Waals surface area (Å²) in [6, 6.07) is 0. The van der Waals surface area contributed by atoms with Crippen LogP contribution < -0.4 is 0 Å². The lowest BCUT2D eigenvalue weighted by Crippen LogP contribution is -2.55. The number of fused-ring (bicyclic) bond motifs is 5. The highest BCUT2D eigenvalue weighted by Gasteiger charge is 2.58. The second-order valence-electron chi connectivity index (χ2n) is 9.29. The fourth-order valence-corrected chi connectivity index (χ4v) is 6.50. The number of oxime groups is 1. The Balaban J connectivity index is 1.75. The van der Waals surface area contributed by atoms with Crippen molar-refractivity contribution in [3.8, 4) is 0 Å². The fourth-order valence-electron chi connectivity index (χ4n) is 6.50. The van der Waals surface area contributed by atoms with Gasteiger partial charge in [-0.2, -0.15) is 0 Å². The van der Waals surface area contributed by atoms with E-state index in [1.807, 2.05) is 13.0 Å². The Labute approximate surface area is 154 Å². The summed E-state index contributed by atoms with van der Waals surface area (Å²) in [5.41, 5.74) is 2.70. The third-order valence-electron chi connectivity index (χ3n) is 8.05. The van der Waals surface area contributed by atoms with Crippen molar-refractivity contribution >= 4 is 11.5 Å². The first kappa shape index (κ1) is 17.9. The Morgan fingerprint density at radius 3 is 2.65 bits per heavy atom. The molecule has 0 radical (unpaired) electrons. The number of rotatable bonds is 1. The molecule has 142 valence electrons. The van der Waals surface area contributed by atoms with Crippen molar-refractivity contribution in [1.82, 2.24) is 0 Å². The monoisotopic (exact) mass is 359 g/mol. The maximum absolute atomic E-state index is 12.9. The lowest BCUT2D eigenvalue weighted by molar-refractivity contribution is -0.141. The lowest BCUT2D eigenvalue weighted by Gasteiger charge is -2.56. The average molecular weight is 359 g/mol. The summed E-state index contributed by atoms with van der Waals surface area (Å²) in [6.45, 7) is 6.22. The van der Waals surface area contributed by atoms with Gasteiger partial charge in [0, 0.05) is 17.3 Å². The molecule has 5 heteroatoms. The highest BCUT2D eigenvalue weighted by atomic mass is 16.4. The van der Waals surface area contributed by atoms with E-state index in [9.17, 15) is 20.2 Å². The Kier molecular flexibility index (Phi) is 3.98. The van der Waals surface area contributed by atoms with Gasteiger partial charge in [-0.1, -0.05) is 25.1 Å². The SMILES string of the molecule is C/C(=N/O)C1CC=C2C3=CC(=O)C4CC(O)C(O)CC4(C)C3CCC21C. The Morgan fingerprint density at radius 2 is 1.96 bits per heavy atom. The topological polar surface area (TPSA) is 90.1 Å². The van der Waals surface area contributed by atoms with Crippen molar-refractivity contribution in [2.75, 3.05) is 0 Å². The number of hydrogen-bond acceptors (Lipinski definition) is 5. The minimum atomic E-state index is -0.806. The highest BCUT2D eigenvalue weighted by Crippen LogP contribution is 2.63. The van der Waals surface area contributed by atoms with E-state index in [2.05, 4.69) is 25.1 Å². The Hall–Kier alpha value is -1.46. The number of nitrogens with zero attached hydrogens (tertiary/aromatic N) is 1. The maximum Gasteiger partial charge on any atom is 0.159 e. The van der Waals surface area contributed by atoms with E-state index in [4.69, 9.17) is 0 Å². The van der Waals surface area contributed by atoms with Gasteiger partial charge in [0.05, 0.1) is 17.9 Å². The summed E-state index contributed by atoms with van der Waals surface area (Å²) >= 11 is 0. The van der Waals surface area contributed by atoms with Crippen molar-refractivity contribution in [3.63, 3.8) is 0 Å². The van der Waals surface area contributed by atoms with Gasteiger partial charge in [0.1, 0.15) is 0 Å². The first-order valence-corrected chi connectivity index (χ1v) is 9.73. The molecule has 4 aliphatic carbocycles. The molecule has 3 N–H and O–H groups in total. The van der Waals surface area contributed by atoms with Gasteiger partial charge in [0.2, 0.25) is 0 Å². The largest absolute Gasteiger partial charge is 0.411 e. The molecule has 0 bridgehead atoms. The van der Waals surface area contributed by atoms with Gasteiger partial charge in [-0.15, -0.1) is 0 Å². The molecule has 0 aromatic heterocycles. The van der Waals surface area contributed by atoms with Gasteiger partial charge in [0.25, 0.3) is 0 Å². The van der Waals surface area contributed by atoms with E-state index in [1.165, 1.54) is 5.57 Å². The van der Waals surface area contributed by atoms with Crippen molar-refractivity contribution in [2.24, 2.45) is 33.7 Å². The van der Waals surface area contributed by atoms with E-state index in [0.29, 0.717) is 12.8 Å². The summed E-state index contributed by atoms with van der Waals surface area (Å²) in [5.74, 6) is 0.281. The smallest absolute Gasteiger partial charge is 0.159 e. The molecular weight excluding hydrogens is 330 g/mol. The number of hydrogen-bond donors (Lipinski definition) is 3. The summed E-state index contributed by atoms with van der Waals surface area (Å²) in [4.78, 5) is 12.9. The molecule has 0 amide bonds. The molecule has 0 aliphatic heterocycles. The molecule has 0 spiro atoms. The van der Waals surface area contributed by atoms with Gasteiger partial charge in [-0.25, -0.2) is 0 Å². The van der Waals surface area contributed by atoms with Crippen LogP contribution in [0.15, 0.2) is 28.5 Å². The number of carbonyl (C=O) groups is 1. The molecule has 0 saturated heterocycles. The van der Waals surface area contributed by atoms with Crippen molar-refractivity contribution in [1.29, 1.82) is 0 Å². The van der Waals surface area contributed by atoms with E-state index in [-0.39, 0.29) is 34.4 Å². The van der Waals surface area contributed by atoms with Crippen molar-refractivity contribution in [2.45, 2.75) is 65.1 Å². The predicted octanol–water partition coefficient (Wildman–Crippen LogP) is 2.85. The second kappa shape index (κ2) is 5.77. The van der Waals surface area contributed by atoms with Crippen LogP contribution in [0.5, 0.6) is 0 Å². The summed E-state index contributed by atoms with van der Waals surface area (Å²) in [6.07, 6.45) is 6.07. The third-order valence-corrected chi connectivity index (χ3v) is 8.05. The number of carbonyl (C=O) groups excluding carboxylic acids is 1. The van der Waals surface area contributed by atoms with Gasteiger partial charge in [-0.05, 0) is 67.6 Å². The number of aliphatic hydroxyl groups is 2. The number of aliphatic hydroxyl groups excluding tert-OH is 2. The number of allylic oxidation sites excluding steroid dienone is 4. The van der Waals surface area contributed by atoms with Crippen LogP contribution in [0.2, 0.25) is 0 Å². The number of ketones is 1. The predicted molar refractivity (Wildman–Crippen MR) is 97.9 cm³/mol. The molecule has 0 aromatic rings. The van der Waals surface area contributed by atoms with Crippen LogP contribution in [0.3, 0.4) is 0 Å². The molecule has 0 aromatic carbocycles. The Bertz CT molecular complexity index is 738. The standard InChI is InChI=1S/C21H29NO4/c1-11(22-26)13-4-5-14-12-8-17(23)16-9-18(24)19(25)10-21(16,3)15(12)6-7-20(13,14)2/h5,8,13,15-16,18-19,24-26H,4,6-7,9-10H2,1-3H3/b22-11-. The van der Waals surface area contributed by atoms with E-state index < -0.39 is 12.2 Å². The minimum Gasteiger partial charge on any atom is -0.411 e. The molecule has 7 unspecified atom stereocenters. The van der Waals surface area contributed by atoms with Crippen molar-refractivity contribution < 1.29 is 20.2 Å². The van der Waals surface area contributed by atoms with Gasteiger partial charge in [-0.3, -0.25) is 4.79 Å². The third kappa shape index (κ3) is 2.23. The van der Waals surface area contributed by atoms with Crippen LogP contribution in [0.25, 0.3) is 0 Å². The summed E-state index contributed by atoms with van der Waals surface area (Å²) in [7, 11) is 0. The second-order valence-corrected chi connectivity index (χ2v) is 9.29. The van der Waals surface area contributed by atoms with E-state index in [1.54, 1.807) is 0 Å². The lowest BCUT2D eigenvalue weighted by atomic mass is 9.48. The van der Waals surface area contributed by atoms with Crippen LogP contribution in [-0.2, 0) is 4.79 Å². The zero-order chi connectivity index (χ0) is 18.9. The molecule has 5 nitrogen and oxygen atoms in total. The zero-order valence-corrected chi connectivity index (χ0v) is 15.8. The highest BCUT2D eigenvalue weighted by molar-refractivity contribution is 5.96. The van der Waals surface area contributed by atoms with Gasteiger partial charge < -0.3 is 15.4 Å². The fraction of sp³-hybridized carbons (Fsp3) is 0.714. The molecule has 2 fully saturated rings. The van der Waals surface area contributed by atoms with Crippen molar-refractivity contribution in [3.05, 3.63) is 23.3 Å². The minimum absolute atomic E-state index is 0.0887. The molecule has 0 heterocycles. The first-order chi connectivity index (χ1) is 12.2. The van der Waals surface area contributed by atoms with Crippen LogP contribution in [0, 0.1) is 28.6 Å². The van der Waals surface area contributed by atoms with Gasteiger partial charge >= 0.3 is 0 Å². The zero-order valence-electron chi connectivity index (χ0n) is 15.8. The first-order valence-electron chi connectivity index (χ1n) is 9.73. The van der Waals surface area contributed by atoms with E-state index in [0.717, 1.165) is 30.5 Å². The average Bonchev–Trinajstić information content (AvgIpc) is 2.94. The molecular formula is C21H29NO4. The summed E-state index contributed by atoms with van der Waals surface area (Å²) < 4.78 is 0. The molecule has 4 rings (SSSR count). The van der Waals surface area contributed by atoms with Crippen LogP contribution in [0.4, 0.5) is 0 Å². The van der Waals surface area contributed by atoms with Crippen LogP contribution >= 0.6 is 0 Å². The molecule has 26 heavy (non-hydrogen) atoms. The van der Waals surface area contributed by atoms with Crippen LogP contribution in [-0.4, -0.2) is 39.1 Å². The van der Waals surface area contributed by atoms with E-state index >= 15 is 0 Å². The molecule has 7 atom stereocenters. The maximum atomic E-state index is 12.9.